The Labute approximate surface area is 85.9 Å². The van der Waals surface area contributed by atoms with Crippen LogP contribution >= 0.6 is 0 Å². The van der Waals surface area contributed by atoms with Gasteiger partial charge in [-0.05, 0) is 25.5 Å². The van der Waals surface area contributed by atoms with E-state index >= 15 is 0 Å². The minimum Gasteiger partial charge on any atom is -0.223 e. The normalized spacial score (nSPS) is 11.6. The highest BCUT2D eigenvalue weighted by Crippen LogP contribution is 2.16. The molecule has 2 nitrogen and oxygen atoms in total. The highest BCUT2D eigenvalue weighted by Gasteiger charge is 2.12. The van der Waals surface area contributed by atoms with Gasteiger partial charge in [0.05, 0.1) is 10.6 Å². The average Bonchev–Trinajstić information content (AvgIpc) is 2.16. The molecule has 1 aromatic rings. The molecule has 0 amide bonds. The summed E-state index contributed by atoms with van der Waals surface area (Å²) in [7, 11) is -3.16. The topological polar surface area (TPSA) is 34.1 Å². The Balaban J connectivity index is 2.87. The third-order valence-electron chi connectivity index (χ3n) is 1.98. The molecule has 0 heterocycles. The fraction of sp³-hybridized carbons (Fsp3) is 0.364. The lowest BCUT2D eigenvalue weighted by Crippen LogP contribution is -2.01. The standard InChI is InChI=1S/C11H15O2S/c1-3-4-9-14(12,13)11-7-5-10(2)6-8-11/h5-9H,3-4H2,1-2H3. The van der Waals surface area contributed by atoms with Crippen molar-refractivity contribution in [2.24, 2.45) is 0 Å². The Morgan fingerprint density at radius 2 is 1.79 bits per heavy atom. The van der Waals surface area contributed by atoms with Crippen molar-refractivity contribution in [3.05, 3.63) is 35.6 Å². The SMILES string of the molecule is CCC[CH]S(=O)(=O)c1ccc(C)cc1. The molecular formula is C11H15O2S. The minimum absolute atomic E-state index is 0.386. The van der Waals surface area contributed by atoms with E-state index in [1.165, 1.54) is 5.75 Å². The Kier molecular flexibility index (Phi) is 3.69. The van der Waals surface area contributed by atoms with E-state index in [0.717, 1.165) is 12.0 Å². The average molecular weight is 211 g/mol. The van der Waals surface area contributed by atoms with Crippen molar-refractivity contribution in [1.29, 1.82) is 0 Å². The van der Waals surface area contributed by atoms with E-state index in [-0.39, 0.29) is 0 Å². The lowest BCUT2D eigenvalue weighted by atomic mass is 10.2. The fourth-order valence-electron chi connectivity index (χ4n) is 1.10. The Morgan fingerprint density at radius 3 is 2.29 bits per heavy atom. The van der Waals surface area contributed by atoms with E-state index < -0.39 is 9.84 Å². The number of hydrogen-bond donors (Lipinski definition) is 0. The lowest BCUT2D eigenvalue weighted by molar-refractivity contribution is 0.599. The zero-order valence-corrected chi connectivity index (χ0v) is 9.34. The monoisotopic (exact) mass is 211 g/mol. The van der Waals surface area contributed by atoms with Crippen LogP contribution in [0.5, 0.6) is 0 Å². The maximum atomic E-state index is 11.6. The molecule has 0 aliphatic rings. The second kappa shape index (κ2) is 4.60. The molecule has 0 atom stereocenters. The molecule has 0 saturated carbocycles. The number of hydrogen-bond acceptors (Lipinski definition) is 2. The van der Waals surface area contributed by atoms with Gasteiger partial charge in [0.1, 0.15) is 0 Å². The van der Waals surface area contributed by atoms with Gasteiger partial charge in [0.2, 0.25) is 0 Å². The van der Waals surface area contributed by atoms with Crippen LogP contribution in [-0.2, 0) is 9.84 Å². The van der Waals surface area contributed by atoms with Crippen molar-refractivity contribution < 1.29 is 8.42 Å². The summed E-state index contributed by atoms with van der Waals surface area (Å²) in [5.41, 5.74) is 1.07. The second-order valence-corrected chi connectivity index (χ2v) is 5.21. The molecule has 1 rings (SSSR count). The van der Waals surface area contributed by atoms with Crippen molar-refractivity contribution in [2.45, 2.75) is 31.6 Å². The van der Waals surface area contributed by atoms with Gasteiger partial charge < -0.3 is 0 Å². The predicted octanol–water partition coefficient (Wildman–Crippen LogP) is 2.73. The number of rotatable bonds is 4. The van der Waals surface area contributed by atoms with Gasteiger partial charge in [0.25, 0.3) is 0 Å². The van der Waals surface area contributed by atoms with E-state index in [1.54, 1.807) is 12.1 Å². The molecule has 0 aliphatic heterocycles. The Morgan fingerprint density at radius 1 is 1.21 bits per heavy atom. The molecule has 0 fully saturated rings. The van der Waals surface area contributed by atoms with Crippen molar-refractivity contribution in [1.82, 2.24) is 0 Å². The first kappa shape index (κ1) is 11.2. The number of aryl methyl sites for hydroxylation is 1. The third-order valence-corrected chi connectivity index (χ3v) is 3.58. The molecule has 77 valence electrons. The van der Waals surface area contributed by atoms with Crippen LogP contribution in [0.3, 0.4) is 0 Å². The van der Waals surface area contributed by atoms with Gasteiger partial charge >= 0.3 is 0 Å². The first-order valence-corrected chi connectivity index (χ1v) is 6.26. The molecule has 0 aliphatic carbocycles. The minimum atomic E-state index is -3.16. The van der Waals surface area contributed by atoms with E-state index in [0.29, 0.717) is 11.3 Å². The summed E-state index contributed by atoms with van der Waals surface area (Å²) in [6, 6.07) is 6.92. The lowest BCUT2D eigenvalue weighted by Gasteiger charge is -2.02. The summed E-state index contributed by atoms with van der Waals surface area (Å²) in [5, 5.41) is 0. The van der Waals surface area contributed by atoms with Crippen LogP contribution in [0.1, 0.15) is 25.3 Å². The van der Waals surface area contributed by atoms with Gasteiger partial charge in [-0.15, -0.1) is 0 Å². The molecule has 1 radical (unpaired) electrons. The summed E-state index contributed by atoms with van der Waals surface area (Å²) < 4.78 is 23.3. The largest absolute Gasteiger partial charge is 0.223 e. The van der Waals surface area contributed by atoms with E-state index in [4.69, 9.17) is 0 Å². The van der Waals surface area contributed by atoms with Gasteiger partial charge in [0.15, 0.2) is 9.84 Å². The highest BCUT2D eigenvalue weighted by atomic mass is 32.2. The van der Waals surface area contributed by atoms with Crippen molar-refractivity contribution >= 4 is 9.84 Å². The van der Waals surface area contributed by atoms with Crippen LogP contribution in [0.2, 0.25) is 0 Å². The Hall–Kier alpha value is -0.830. The predicted molar refractivity (Wildman–Crippen MR) is 57.6 cm³/mol. The van der Waals surface area contributed by atoms with Crippen LogP contribution in [0.25, 0.3) is 0 Å². The van der Waals surface area contributed by atoms with Crippen molar-refractivity contribution in [2.75, 3.05) is 0 Å². The van der Waals surface area contributed by atoms with Gasteiger partial charge in [-0.3, -0.25) is 0 Å². The number of sulfone groups is 1. The van der Waals surface area contributed by atoms with E-state index in [2.05, 4.69) is 0 Å². The molecule has 0 aromatic heterocycles. The van der Waals surface area contributed by atoms with Gasteiger partial charge in [-0.25, -0.2) is 8.42 Å². The molecule has 14 heavy (non-hydrogen) atoms. The maximum absolute atomic E-state index is 11.6. The Bertz CT molecular complexity index is 376. The zero-order valence-electron chi connectivity index (χ0n) is 8.53. The van der Waals surface area contributed by atoms with Crippen LogP contribution in [-0.4, -0.2) is 8.42 Å². The molecule has 3 heteroatoms. The van der Waals surface area contributed by atoms with Crippen LogP contribution < -0.4 is 0 Å². The second-order valence-electron chi connectivity index (χ2n) is 3.31. The van der Waals surface area contributed by atoms with Crippen LogP contribution in [0.15, 0.2) is 29.2 Å². The summed E-state index contributed by atoms with van der Waals surface area (Å²) in [6.07, 6.45) is 1.46. The van der Waals surface area contributed by atoms with Gasteiger partial charge in [-0.2, -0.15) is 0 Å². The molecule has 0 bridgehead atoms. The van der Waals surface area contributed by atoms with Crippen LogP contribution in [0, 0.1) is 12.7 Å². The smallest absolute Gasteiger partial charge is 0.182 e. The zero-order chi connectivity index (χ0) is 10.6. The highest BCUT2D eigenvalue weighted by molar-refractivity contribution is 7.93. The molecule has 1 aromatic carbocycles. The maximum Gasteiger partial charge on any atom is 0.182 e. The first-order chi connectivity index (χ1) is 6.56. The first-order valence-electron chi connectivity index (χ1n) is 4.71. The summed E-state index contributed by atoms with van der Waals surface area (Å²) in [6.45, 7) is 3.90. The summed E-state index contributed by atoms with van der Waals surface area (Å²) >= 11 is 0. The molecule has 0 unspecified atom stereocenters. The summed E-state index contributed by atoms with van der Waals surface area (Å²) in [4.78, 5) is 0.386. The van der Waals surface area contributed by atoms with Gasteiger partial charge in [-0.1, -0.05) is 31.0 Å². The number of unbranched alkanes of at least 4 members (excludes halogenated alkanes) is 1. The van der Waals surface area contributed by atoms with Crippen LogP contribution in [0.4, 0.5) is 0 Å². The molecule has 0 N–H and O–H groups in total. The van der Waals surface area contributed by atoms with Crippen molar-refractivity contribution in [3.8, 4) is 0 Å². The quantitative estimate of drug-likeness (QED) is 0.767. The van der Waals surface area contributed by atoms with E-state index in [9.17, 15) is 8.42 Å². The molecular weight excluding hydrogens is 196 g/mol. The fourth-order valence-corrected chi connectivity index (χ4v) is 2.35. The molecule has 0 saturated heterocycles. The summed E-state index contributed by atoms with van der Waals surface area (Å²) in [5.74, 6) is 1.39. The van der Waals surface area contributed by atoms with Gasteiger partial charge in [0, 0.05) is 0 Å². The van der Waals surface area contributed by atoms with Crippen molar-refractivity contribution in [3.63, 3.8) is 0 Å². The number of benzene rings is 1. The van der Waals surface area contributed by atoms with E-state index in [1.807, 2.05) is 26.0 Å². The molecule has 0 spiro atoms. The third kappa shape index (κ3) is 2.84.